The van der Waals surface area contributed by atoms with Gasteiger partial charge in [0.15, 0.2) is 5.82 Å². The van der Waals surface area contributed by atoms with Crippen molar-refractivity contribution in [3.63, 3.8) is 0 Å². The van der Waals surface area contributed by atoms with Crippen molar-refractivity contribution in [3.05, 3.63) is 11.7 Å². The molecule has 2 heterocycles. The molecule has 1 atom stereocenters. The van der Waals surface area contributed by atoms with Gasteiger partial charge in [0.05, 0.1) is 6.04 Å². The number of rotatable bonds is 2. The van der Waals surface area contributed by atoms with E-state index in [-0.39, 0.29) is 0 Å². The second-order valence-corrected chi connectivity index (χ2v) is 3.25. The molecule has 4 heteroatoms. The van der Waals surface area contributed by atoms with Gasteiger partial charge in [0.25, 0.3) is 0 Å². The van der Waals surface area contributed by atoms with Crippen LogP contribution < -0.4 is 0 Å². The fourth-order valence-electron chi connectivity index (χ4n) is 1.37. The normalized spacial score (nSPS) is 16.1. The first-order valence-electron chi connectivity index (χ1n) is 6.31. The first-order valence-corrected chi connectivity index (χ1v) is 6.31. The largest absolute Gasteiger partial charge is 0.338 e. The van der Waals surface area contributed by atoms with Crippen LogP contribution in [0.2, 0.25) is 0 Å². The summed E-state index contributed by atoms with van der Waals surface area (Å²) in [5.74, 6) is 1.46. The van der Waals surface area contributed by atoms with Crippen LogP contribution in [-0.2, 0) is 0 Å². The van der Waals surface area contributed by atoms with E-state index in [1.807, 2.05) is 34.6 Å². The van der Waals surface area contributed by atoms with Crippen LogP contribution in [0.4, 0.5) is 0 Å². The maximum atomic E-state index is 5.08. The van der Waals surface area contributed by atoms with Gasteiger partial charge in [0.2, 0.25) is 5.89 Å². The van der Waals surface area contributed by atoms with Crippen LogP contribution in [0.25, 0.3) is 0 Å². The predicted octanol–water partition coefficient (Wildman–Crippen LogP) is 3.20. The third kappa shape index (κ3) is 3.93. The Balaban J connectivity index is 0.000000509. The van der Waals surface area contributed by atoms with Gasteiger partial charge in [-0.05, 0) is 20.3 Å². The standard InChI is InChI=1S/C8H13N3O.2C2H6/c1-6(11-4-3-5-11)8-9-7(2)10-12-8;2*1-2/h6H,3-5H2,1-2H3;2*1-2H3. The minimum atomic E-state index is 0.292. The Morgan fingerprint density at radius 3 is 2.06 bits per heavy atom. The van der Waals surface area contributed by atoms with E-state index >= 15 is 0 Å². The van der Waals surface area contributed by atoms with E-state index in [2.05, 4.69) is 22.0 Å². The lowest BCUT2D eigenvalue weighted by Crippen LogP contribution is -2.39. The minimum Gasteiger partial charge on any atom is -0.338 e. The molecule has 0 aliphatic carbocycles. The van der Waals surface area contributed by atoms with E-state index < -0.39 is 0 Å². The van der Waals surface area contributed by atoms with Crippen LogP contribution in [0.3, 0.4) is 0 Å². The maximum Gasteiger partial charge on any atom is 0.243 e. The monoisotopic (exact) mass is 227 g/mol. The van der Waals surface area contributed by atoms with E-state index in [9.17, 15) is 0 Å². The molecule has 4 nitrogen and oxygen atoms in total. The Bertz CT molecular complexity index is 269. The summed E-state index contributed by atoms with van der Waals surface area (Å²) >= 11 is 0. The molecule has 94 valence electrons. The highest BCUT2D eigenvalue weighted by Gasteiger charge is 2.25. The number of nitrogens with zero attached hydrogens (tertiary/aromatic N) is 3. The summed E-state index contributed by atoms with van der Waals surface area (Å²) in [6.45, 7) is 14.3. The molecule has 1 unspecified atom stereocenters. The molecular formula is C12H25N3O. The highest BCUT2D eigenvalue weighted by molar-refractivity contribution is 4.92. The predicted molar refractivity (Wildman–Crippen MR) is 66.3 cm³/mol. The summed E-state index contributed by atoms with van der Waals surface area (Å²) in [6.07, 6.45) is 1.29. The van der Waals surface area contributed by atoms with Crippen LogP contribution in [-0.4, -0.2) is 28.1 Å². The van der Waals surface area contributed by atoms with Gasteiger partial charge in [-0.1, -0.05) is 32.9 Å². The van der Waals surface area contributed by atoms with Crippen molar-refractivity contribution in [2.75, 3.05) is 13.1 Å². The molecule has 0 spiro atoms. The highest BCUT2D eigenvalue weighted by atomic mass is 16.5. The smallest absolute Gasteiger partial charge is 0.243 e. The van der Waals surface area contributed by atoms with Crippen LogP contribution >= 0.6 is 0 Å². The molecule has 0 radical (unpaired) electrons. The van der Waals surface area contributed by atoms with Gasteiger partial charge in [-0.2, -0.15) is 4.98 Å². The van der Waals surface area contributed by atoms with Gasteiger partial charge in [-0.3, -0.25) is 4.90 Å². The van der Waals surface area contributed by atoms with Gasteiger partial charge in [-0.25, -0.2) is 0 Å². The highest BCUT2D eigenvalue weighted by Crippen LogP contribution is 2.23. The molecule has 16 heavy (non-hydrogen) atoms. The van der Waals surface area contributed by atoms with Crippen molar-refractivity contribution < 1.29 is 4.52 Å². The summed E-state index contributed by atoms with van der Waals surface area (Å²) < 4.78 is 5.08. The molecule has 1 aliphatic heterocycles. The zero-order valence-electron chi connectivity index (χ0n) is 11.4. The molecule has 0 aromatic carbocycles. The molecule has 1 fully saturated rings. The van der Waals surface area contributed by atoms with Gasteiger partial charge >= 0.3 is 0 Å². The van der Waals surface area contributed by atoms with Crippen LogP contribution in [0, 0.1) is 6.92 Å². The molecule has 0 amide bonds. The molecule has 0 N–H and O–H groups in total. The summed E-state index contributed by atoms with van der Waals surface area (Å²) in [5, 5.41) is 3.77. The Kier molecular flexibility index (Phi) is 7.81. The number of hydrogen-bond donors (Lipinski definition) is 0. The second-order valence-electron chi connectivity index (χ2n) is 3.25. The number of hydrogen-bond acceptors (Lipinski definition) is 4. The second kappa shape index (κ2) is 8.28. The van der Waals surface area contributed by atoms with Crippen molar-refractivity contribution in [3.8, 4) is 0 Å². The molecule has 1 aromatic rings. The first-order chi connectivity index (χ1) is 7.77. The summed E-state index contributed by atoms with van der Waals surface area (Å²) in [5.41, 5.74) is 0. The molecule has 1 saturated heterocycles. The average molecular weight is 227 g/mol. The summed E-state index contributed by atoms with van der Waals surface area (Å²) in [4.78, 5) is 6.52. The quantitative estimate of drug-likeness (QED) is 0.778. The van der Waals surface area contributed by atoms with Crippen LogP contribution in [0.5, 0.6) is 0 Å². The topological polar surface area (TPSA) is 42.2 Å². The number of likely N-dealkylation sites (tertiary alicyclic amines) is 1. The summed E-state index contributed by atoms with van der Waals surface area (Å²) in [6, 6.07) is 0.292. The first kappa shape index (κ1) is 15.1. The Morgan fingerprint density at radius 2 is 1.75 bits per heavy atom. The lowest BCUT2D eigenvalue weighted by molar-refractivity contribution is 0.105. The third-order valence-corrected chi connectivity index (χ3v) is 2.34. The van der Waals surface area contributed by atoms with Gasteiger partial charge in [0.1, 0.15) is 0 Å². The van der Waals surface area contributed by atoms with E-state index in [0.717, 1.165) is 24.8 Å². The fraction of sp³-hybridized carbons (Fsp3) is 0.833. The van der Waals surface area contributed by atoms with Crippen molar-refractivity contribution in [1.29, 1.82) is 0 Å². The van der Waals surface area contributed by atoms with E-state index in [1.165, 1.54) is 6.42 Å². The SMILES string of the molecule is CC.CC.Cc1noc(C(C)N2CCC2)n1. The van der Waals surface area contributed by atoms with Gasteiger partial charge in [0, 0.05) is 13.1 Å². The van der Waals surface area contributed by atoms with Crippen molar-refractivity contribution in [1.82, 2.24) is 15.0 Å². The summed E-state index contributed by atoms with van der Waals surface area (Å²) in [7, 11) is 0. The third-order valence-electron chi connectivity index (χ3n) is 2.34. The molecule has 1 aromatic heterocycles. The van der Waals surface area contributed by atoms with Gasteiger partial charge < -0.3 is 4.52 Å². The average Bonchev–Trinajstić information content (AvgIpc) is 2.68. The van der Waals surface area contributed by atoms with Gasteiger partial charge in [-0.15, -0.1) is 0 Å². The Morgan fingerprint density at radius 1 is 1.19 bits per heavy atom. The van der Waals surface area contributed by atoms with Crippen molar-refractivity contribution >= 4 is 0 Å². The minimum absolute atomic E-state index is 0.292. The Hall–Kier alpha value is -0.900. The Labute approximate surface area is 99.0 Å². The molecule has 0 bridgehead atoms. The molecule has 2 rings (SSSR count). The van der Waals surface area contributed by atoms with Crippen molar-refractivity contribution in [2.45, 2.75) is 54.0 Å². The zero-order valence-corrected chi connectivity index (χ0v) is 11.4. The van der Waals surface area contributed by atoms with E-state index in [1.54, 1.807) is 0 Å². The van der Waals surface area contributed by atoms with E-state index in [0.29, 0.717) is 6.04 Å². The fourth-order valence-corrected chi connectivity index (χ4v) is 1.37. The molecule has 1 aliphatic rings. The van der Waals surface area contributed by atoms with Crippen LogP contribution in [0.1, 0.15) is 58.8 Å². The van der Waals surface area contributed by atoms with Crippen molar-refractivity contribution in [2.24, 2.45) is 0 Å². The lowest BCUT2D eigenvalue weighted by atomic mass is 10.1. The maximum absolute atomic E-state index is 5.08. The van der Waals surface area contributed by atoms with Crippen LogP contribution in [0.15, 0.2) is 4.52 Å². The zero-order chi connectivity index (χ0) is 12.6. The van der Waals surface area contributed by atoms with E-state index in [4.69, 9.17) is 4.52 Å². The molecule has 0 saturated carbocycles. The lowest BCUT2D eigenvalue weighted by Gasteiger charge is -2.34. The number of aromatic nitrogens is 2. The number of aryl methyl sites for hydroxylation is 1. The molecular weight excluding hydrogens is 202 g/mol.